The van der Waals surface area contributed by atoms with Gasteiger partial charge in [-0.15, -0.1) is 0 Å². The molecule has 9 heavy (non-hydrogen) atoms. The van der Waals surface area contributed by atoms with E-state index in [1.807, 2.05) is 6.92 Å². The van der Waals surface area contributed by atoms with Crippen LogP contribution < -0.4 is 5.73 Å². The summed E-state index contributed by atoms with van der Waals surface area (Å²) in [4.78, 5) is 0.341. The lowest BCUT2D eigenvalue weighted by Gasteiger charge is -1.93. The van der Waals surface area contributed by atoms with Crippen LogP contribution in [0.15, 0.2) is 22.7 Å². The van der Waals surface area contributed by atoms with Crippen LogP contribution in [0.1, 0.15) is 6.92 Å². The van der Waals surface area contributed by atoms with Crippen LogP contribution >= 0.6 is 28.1 Å². The second kappa shape index (κ2) is 3.80. The van der Waals surface area contributed by atoms with Crippen LogP contribution in [-0.2, 0) is 0 Å². The Morgan fingerprint density at radius 3 is 2.33 bits per heavy atom. The van der Waals surface area contributed by atoms with Crippen LogP contribution in [0.25, 0.3) is 0 Å². The number of halogens is 1. The van der Waals surface area contributed by atoms with Crippen LogP contribution in [-0.4, -0.2) is 4.99 Å². The van der Waals surface area contributed by atoms with Gasteiger partial charge in [0.15, 0.2) is 0 Å². The van der Waals surface area contributed by atoms with E-state index in [0.717, 1.165) is 4.48 Å². The quantitative estimate of drug-likeness (QED) is 0.425. The molecule has 0 fully saturated rings. The van der Waals surface area contributed by atoms with Gasteiger partial charge in [-0.05, 0) is 17.5 Å². The minimum atomic E-state index is 0.341. The van der Waals surface area contributed by atoms with Crippen LogP contribution in [0.5, 0.6) is 0 Å². The van der Waals surface area contributed by atoms with Gasteiger partial charge >= 0.3 is 0 Å². The molecule has 3 heteroatoms. The molecule has 0 aromatic rings. The number of hydrogen-bond donors (Lipinski definition) is 1. The van der Waals surface area contributed by atoms with Crippen molar-refractivity contribution in [2.24, 2.45) is 5.73 Å². The monoisotopic (exact) mass is 205 g/mol. The van der Waals surface area contributed by atoms with E-state index in [1.54, 1.807) is 6.08 Å². The average Bonchev–Trinajstić information content (AvgIpc) is 1.63. The Hall–Kier alpha value is -0.150. The molecule has 0 aromatic heterocycles. The molecule has 0 rings (SSSR count). The van der Waals surface area contributed by atoms with Crippen LogP contribution in [0, 0.1) is 0 Å². The molecule has 0 radical (unpaired) electrons. The Bertz CT molecular complexity index is 168. The smallest absolute Gasteiger partial charge is 0.103 e. The summed E-state index contributed by atoms with van der Waals surface area (Å²) in [6.45, 7) is 5.51. The molecule has 0 spiro atoms. The van der Waals surface area contributed by atoms with Crippen molar-refractivity contribution in [2.45, 2.75) is 6.92 Å². The summed E-state index contributed by atoms with van der Waals surface area (Å²) < 4.78 is 0.973. The molecule has 0 aromatic carbocycles. The summed E-state index contributed by atoms with van der Waals surface area (Å²) >= 11 is 7.88. The Morgan fingerprint density at radius 2 is 2.22 bits per heavy atom. The zero-order valence-electron chi connectivity index (χ0n) is 5.15. The second-order valence-electron chi connectivity index (χ2n) is 1.62. The minimum absolute atomic E-state index is 0.341. The number of hydrogen-bond acceptors (Lipinski definition) is 1. The Morgan fingerprint density at radius 1 is 1.78 bits per heavy atom. The third kappa shape index (κ3) is 4.36. The highest BCUT2D eigenvalue weighted by atomic mass is 79.9. The zero-order valence-corrected chi connectivity index (χ0v) is 7.55. The molecule has 0 amide bonds. The Balaban J connectivity index is 4.09. The van der Waals surface area contributed by atoms with Crippen molar-refractivity contribution >= 4 is 33.1 Å². The minimum Gasteiger partial charge on any atom is -0.389 e. The third-order valence-corrected chi connectivity index (χ3v) is 1.18. The molecule has 0 saturated carbocycles. The molecule has 1 nitrogen and oxygen atoms in total. The first-order chi connectivity index (χ1) is 4.04. The summed E-state index contributed by atoms with van der Waals surface area (Å²) in [5.41, 5.74) is 5.93. The van der Waals surface area contributed by atoms with Gasteiger partial charge in [0.2, 0.25) is 0 Å². The highest BCUT2D eigenvalue weighted by molar-refractivity contribution is 9.11. The van der Waals surface area contributed by atoms with Gasteiger partial charge < -0.3 is 5.73 Å². The predicted molar refractivity (Wildman–Crippen MR) is 48.6 cm³/mol. The molecule has 0 aliphatic heterocycles. The fourth-order valence-corrected chi connectivity index (χ4v) is 0.646. The van der Waals surface area contributed by atoms with Gasteiger partial charge in [-0.25, -0.2) is 0 Å². The van der Waals surface area contributed by atoms with Crippen molar-refractivity contribution in [1.29, 1.82) is 0 Å². The fourth-order valence-electron chi connectivity index (χ4n) is 0.311. The van der Waals surface area contributed by atoms with Crippen LogP contribution in [0.4, 0.5) is 0 Å². The SMILES string of the molecule is C=C(C=C(C)Br)C(N)=S. The van der Waals surface area contributed by atoms with Crippen LogP contribution in [0.2, 0.25) is 0 Å². The summed E-state index contributed by atoms with van der Waals surface area (Å²) in [5, 5.41) is 0. The van der Waals surface area contributed by atoms with E-state index in [1.165, 1.54) is 0 Å². The number of thiocarbonyl (C=S) groups is 1. The molecule has 0 atom stereocenters. The molecule has 2 N–H and O–H groups in total. The van der Waals surface area contributed by atoms with Crippen molar-refractivity contribution in [3.63, 3.8) is 0 Å². The number of rotatable bonds is 2. The van der Waals surface area contributed by atoms with E-state index in [0.29, 0.717) is 10.6 Å². The first-order valence-electron chi connectivity index (χ1n) is 2.36. The third-order valence-electron chi connectivity index (χ3n) is 0.690. The van der Waals surface area contributed by atoms with Crippen molar-refractivity contribution in [3.8, 4) is 0 Å². The normalized spacial score (nSPS) is 11.1. The first kappa shape index (κ1) is 8.85. The van der Waals surface area contributed by atoms with Crippen molar-refractivity contribution in [3.05, 3.63) is 22.7 Å². The lowest BCUT2D eigenvalue weighted by Crippen LogP contribution is -2.08. The van der Waals surface area contributed by atoms with Crippen molar-refractivity contribution < 1.29 is 0 Å². The van der Waals surface area contributed by atoms with Crippen LogP contribution in [0.3, 0.4) is 0 Å². The molecule has 0 saturated heterocycles. The maximum atomic E-state index is 5.25. The second-order valence-corrected chi connectivity index (χ2v) is 3.31. The van der Waals surface area contributed by atoms with E-state index in [9.17, 15) is 0 Å². The number of allylic oxidation sites excluding steroid dienone is 1. The Kier molecular flexibility index (Phi) is 3.73. The zero-order chi connectivity index (χ0) is 7.44. The largest absolute Gasteiger partial charge is 0.389 e. The molecule has 0 heterocycles. The molecular formula is C6H8BrNS. The van der Waals surface area contributed by atoms with Gasteiger partial charge in [-0.2, -0.15) is 0 Å². The van der Waals surface area contributed by atoms with E-state index < -0.39 is 0 Å². The van der Waals surface area contributed by atoms with Gasteiger partial charge in [0, 0.05) is 5.57 Å². The van der Waals surface area contributed by atoms with Crippen molar-refractivity contribution in [1.82, 2.24) is 0 Å². The molecule has 0 aliphatic carbocycles. The summed E-state index contributed by atoms with van der Waals surface area (Å²) in [5.74, 6) is 0. The molecular weight excluding hydrogens is 198 g/mol. The van der Waals surface area contributed by atoms with E-state index in [4.69, 9.17) is 5.73 Å². The first-order valence-corrected chi connectivity index (χ1v) is 3.56. The number of nitrogens with two attached hydrogens (primary N) is 1. The summed E-state index contributed by atoms with van der Waals surface area (Å²) in [7, 11) is 0. The topological polar surface area (TPSA) is 26.0 Å². The van der Waals surface area contributed by atoms with E-state index >= 15 is 0 Å². The maximum absolute atomic E-state index is 5.25. The van der Waals surface area contributed by atoms with Gasteiger partial charge in [-0.3, -0.25) is 0 Å². The van der Waals surface area contributed by atoms with Gasteiger partial charge in [0.25, 0.3) is 0 Å². The molecule has 0 bridgehead atoms. The van der Waals surface area contributed by atoms with E-state index in [-0.39, 0.29) is 0 Å². The fraction of sp³-hybridized carbons (Fsp3) is 0.167. The van der Waals surface area contributed by atoms with Crippen molar-refractivity contribution in [2.75, 3.05) is 0 Å². The lowest BCUT2D eigenvalue weighted by atomic mass is 10.3. The van der Waals surface area contributed by atoms with Gasteiger partial charge in [0.05, 0.1) is 0 Å². The highest BCUT2D eigenvalue weighted by Crippen LogP contribution is 2.06. The van der Waals surface area contributed by atoms with Gasteiger partial charge in [0.1, 0.15) is 4.99 Å². The lowest BCUT2D eigenvalue weighted by molar-refractivity contribution is 1.64. The average molecular weight is 206 g/mol. The maximum Gasteiger partial charge on any atom is 0.103 e. The standard InChI is InChI=1S/C6H8BrNS/c1-4(6(8)9)3-5(2)7/h3H,1H2,2H3,(H2,8,9). The molecule has 0 aliphatic rings. The van der Waals surface area contributed by atoms with Gasteiger partial charge in [-0.1, -0.05) is 34.7 Å². The summed E-state index contributed by atoms with van der Waals surface area (Å²) in [6, 6.07) is 0. The Labute approximate surface area is 68.8 Å². The molecule has 50 valence electrons. The summed E-state index contributed by atoms with van der Waals surface area (Å²) in [6.07, 6.45) is 1.78. The van der Waals surface area contributed by atoms with E-state index in [2.05, 4.69) is 34.7 Å². The molecule has 0 unspecified atom stereocenters. The highest BCUT2D eigenvalue weighted by Gasteiger charge is 1.90. The predicted octanol–water partition coefficient (Wildman–Crippen LogP) is 2.13.